The van der Waals surface area contributed by atoms with Crippen molar-refractivity contribution >= 4 is 34.2 Å². The Morgan fingerprint density at radius 2 is 1.92 bits per heavy atom. The number of carbonyl (C=O) groups excluding carboxylic acids is 1. The summed E-state index contributed by atoms with van der Waals surface area (Å²) in [6.45, 7) is 10.8. The van der Waals surface area contributed by atoms with E-state index >= 15 is 0 Å². The van der Waals surface area contributed by atoms with Crippen molar-refractivity contribution in [2.45, 2.75) is 53.2 Å². The fraction of sp³-hybridized carbons (Fsp3) is 0.276. The predicted octanol–water partition coefficient (Wildman–Crippen LogP) is 6.52. The summed E-state index contributed by atoms with van der Waals surface area (Å²) in [6, 6.07) is 10.2. The van der Waals surface area contributed by atoms with Gasteiger partial charge in [-0.25, -0.2) is 9.78 Å². The topological polar surface area (TPSA) is 118 Å². The molecule has 4 rings (SSSR count). The quantitative estimate of drug-likeness (QED) is 0.229. The molecule has 0 amide bonds. The van der Waals surface area contributed by atoms with E-state index in [0.29, 0.717) is 44.7 Å². The van der Waals surface area contributed by atoms with Gasteiger partial charge in [-0.1, -0.05) is 17.7 Å². The number of nitrogens with one attached hydrogen (secondary N) is 1. The number of ether oxygens (including phenoxy) is 1. The summed E-state index contributed by atoms with van der Waals surface area (Å²) in [5.74, 6) is -0.273. The molecular weight excluding hydrogens is 504 g/mol. The molecule has 0 aliphatic carbocycles. The Kier molecular flexibility index (Phi) is 7.25. The van der Waals surface area contributed by atoms with Gasteiger partial charge in [0.2, 0.25) is 0 Å². The lowest BCUT2D eigenvalue weighted by atomic mass is 9.99. The van der Waals surface area contributed by atoms with Gasteiger partial charge >= 0.3 is 5.97 Å². The predicted molar refractivity (Wildman–Crippen MR) is 146 cm³/mol. The van der Waals surface area contributed by atoms with Gasteiger partial charge in [0.15, 0.2) is 11.1 Å². The van der Waals surface area contributed by atoms with Gasteiger partial charge in [0.05, 0.1) is 22.7 Å². The molecule has 0 aliphatic rings. The summed E-state index contributed by atoms with van der Waals surface area (Å²) in [6.07, 6.45) is 3.00. The van der Waals surface area contributed by atoms with Crippen LogP contribution in [0.1, 0.15) is 66.5 Å². The number of aromatic nitrogens is 2. The number of nitrogens with zero attached hydrogens (tertiary/aromatic N) is 3. The Hall–Kier alpha value is -4.22. The highest BCUT2D eigenvalue weighted by Crippen LogP contribution is 2.33. The lowest BCUT2D eigenvalue weighted by Crippen LogP contribution is -2.25. The lowest BCUT2D eigenvalue weighted by molar-refractivity contribution is 0.00640. The van der Waals surface area contributed by atoms with Crippen molar-refractivity contribution in [2.75, 3.05) is 5.32 Å². The third kappa shape index (κ3) is 5.53. The number of nitriles is 1. The minimum Gasteiger partial charge on any atom is -0.455 e. The number of fused-ring (bicyclic) bond motifs is 1. The highest BCUT2D eigenvalue weighted by atomic mass is 35.5. The van der Waals surface area contributed by atoms with Gasteiger partial charge in [0.25, 0.3) is 0 Å². The van der Waals surface area contributed by atoms with E-state index in [0.717, 1.165) is 5.56 Å². The van der Waals surface area contributed by atoms with Crippen LogP contribution in [0.25, 0.3) is 22.3 Å². The van der Waals surface area contributed by atoms with Crippen LogP contribution in [-0.2, 0) is 4.74 Å². The zero-order valence-corrected chi connectivity index (χ0v) is 22.7. The average Bonchev–Trinajstić information content (AvgIpc) is 2.86. The third-order valence-corrected chi connectivity index (χ3v) is 6.02. The second-order valence-electron chi connectivity index (χ2n) is 10.1. The van der Waals surface area contributed by atoms with E-state index in [-0.39, 0.29) is 16.3 Å². The molecule has 0 saturated carbocycles. The molecule has 3 heterocycles. The van der Waals surface area contributed by atoms with E-state index in [1.54, 1.807) is 58.2 Å². The monoisotopic (exact) mass is 530 g/mol. The first-order valence-corrected chi connectivity index (χ1v) is 12.4. The van der Waals surface area contributed by atoms with Crippen LogP contribution in [0.3, 0.4) is 0 Å². The lowest BCUT2D eigenvalue weighted by Gasteiger charge is -2.22. The minimum absolute atomic E-state index is 0.0496. The number of esters is 1. The van der Waals surface area contributed by atoms with Crippen molar-refractivity contribution < 1.29 is 13.9 Å². The summed E-state index contributed by atoms with van der Waals surface area (Å²) in [5.41, 5.74) is 2.85. The Bertz CT molecular complexity index is 1660. The van der Waals surface area contributed by atoms with E-state index in [2.05, 4.69) is 21.4 Å². The maximum atomic E-state index is 13.4. The number of benzene rings is 1. The Balaban J connectivity index is 1.84. The number of hydrogen-bond donors (Lipinski definition) is 1. The average molecular weight is 531 g/mol. The number of anilines is 1. The molecule has 4 aromatic rings. The first-order valence-electron chi connectivity index (χ1n) is 12.0. The zero-order valence-electron chi connectivity index (χ0n) is 22.0. The first-order chi connectivity index (χ1) is 17.9. The molecule has 3 aromatic heterocycles. The van der Waals surface area contributed by atoms with E-state index in [4.69, 9.17) is 20.8 Å². The number of rotatable bonds is 5. The van der Waals surface area contributed by atoms with Crippen molar-refractivity contribution in [2.24, 2.45) is 0 Å². The molecule has 1 unspecified atom stereocenters. The summed E-state index contributed by atoms with van der Waals surface area (Å²) in [7, 11) is 0. The van der Waals surface area contributed by atoms with Crippen LogP contribution in [0.4, 0.5) is 5.69 Å². The van der Waals surface area contributed by atoms with E-state index in [1.807, 2.05) is 19.9 Å². The molecule has 0 spiro atoms. The van der Waals surface area contributed by atoms with Crippen LogP contribution < -0.4 is 10.7 Å². The van der Waals surface area contributed by atoms with Crippen LogP contribution in [0, 0.1) is 25.2 Å². The van der Waals surface area contributed by atoms with Gasteiger partial charge in [0.1, 0.15) is 28.2 Å². The third-order valence-electron chi connectivity index (χ3n) is 5.81. The number of hydrogen-bond acceptors (Lipinski definition) is 8. The van der Waals surface area contributed by atoms with Crippen molar-refractivity contribution in [1.29, 1.82) is 5.26 Å². The van der Waals surface area contributed by atoms with E-state index < -0.39 is 17.6 Å². The zero-order chi connectivity index (χ0) is 27.8. The largest absolute Gasteiger partial charge is 0.455 e. The number of halogens is 1. The molecule has 0 saturated heterocycles. The van der Waals surface area contributed by atoms with E-state index in [9.17, 15) is 14.9 Å². The molecule has 0 radical (unpaired) electrons. The van der Waals surface area contributed by atoms with Crippen LogP contribution >= 0.6 is 11.6 Å². The van der Waals surface area contributed by atoms with Crippen molar-refractivity contribution in [3.8, 4) is 17.4 Å². The van der Waals surface area contributed by atoms with Gasteiger partial charge in [0, 0.05) is 29.1 Å². The van der Waals surface area contributed by atoms with Gasteiger partial charge in [-0.2, -0.15) is 5.26 Å². The van der Waals surface area contributed by atoms with Gasteiger partial charge in [-0.15, -0.1) is 0 Å². The molecule has 8 nitrogen and oxygen atoms in total. The van der Waals surface area contributed by atoms with Crippen LogP contribution in [0.5, 0.6) is 0 Å². The Labute approximate surface area is 225 Å². The first kappa shape index (κ1) is 26.8. The van der Waals surface area contributed by atoms with Crippen LogP contribution in [0.2, 0.25) is 5.15 Å². The molecular formula is C29H27ClN4O4. The van der Waals surface area contributed by atoms with Crippen molar-refractivity contribution in [3.63, 3.8) is 0 Å². The minimum atomic E-state index is -0.716. The summed E-state index contributed by atoms with van der Waals surface area (Å²) >= 11 is 6.09. The summed E-state index contributed by atoms with van der Waals surface area (Å²) < 4.78 is 11.9. The molecule has 0 aliphatic heterocycles. The number of pyridine rings is 2. The van der Waals surface area contributed by atoms with Crippen molar-refractivity contribution in [1.82, 2.24) is 9.97 Å². The molecule has 194 valence electrons. The van der Waals surface area contributed by atoms with Gasteiger partial charge in [-0.3, -0.25) is 9.78 Å². The van der Waals surface area contributed by atoms with Crippen LogP contribution in [0.15, 0.2) is 51.9 Å². The van der Waals surface area contributed by atoms with E-state index in [1.165, 1.54) is 6.20 Å². The maximum Gasteiger partial charge on any atom is 0.359 e. The summed E-state index contributed by atoms with van der Waals surface area (Å²) in [5, 5.41) is 13.2. The second kappa shape index (κ2) is 10.3. The number of carbonyl (C=O) groups is 1. The summed E-state index contributed by atoms with van der Waals surface area (Å²) in [4.78, 5) is 34.6. The molecule has 1 aromatic carbocycles. The van der Waals surface area contributed by atoms with Crippen LogP contribution in [-0.4, -0.2) is 21.5 Å². The van der Waals surface area contributed by atoms with Gasteiger partial charge in [-0.05, 0) is 71.4 Å². The smallest absolute Gasteiger partial charge is 0.359 e. The molecule has 1 atom stereocenters. The molecule has 9 heteroatoms. The SMILES string of the molecule is Cc1cc(C(C)Nc2ccc(Cl)nc2C(=O)OC(C)(C)C)c2oc(-c3cncc(C#N)c3)c(C)c(=O)c2c1. The highest BCUT2D eigenvalue weighted by Gasteiger charge is 2.24. The Morgan fingerprint density at radius 3 is 2.61 bits per heavy atom. The number of aryl methyl sites for hydroxylation is 1. The second-order valence-corrected chi connectivity index (χ2v) is 10.5. The standard InChI is InChI=1S/C29H27ClN4O4/c1-15-9-20(17(3)33-22-7-8-23(30)34-24(22)28(36)38-29(4,5)6)27-21(10-15)25(35)16(2)26(37-27)19-11-18(12-31)13-32-14-19/h7-11,13-14,17,33H,1-6H3. The van der Waals surface area contributed by atoms with Crippen molar-refractivity contribution in [3.05, 3.63) is 86.0 Å². The molecule has 1 N–H and O–H groups in total. The molecule has 38 heavy (non-hydrogen) atoms. The Morgan fingerprint density at radius 1 is 1.18 bits per heavy atom. The fourth-order valence-electron chi connectivity index (χ4n) is 4.13. The fourth-order valence-corrected chi connectivity index (χ4v) is 4.28. The normalized spacial score (nSPS) is 12.2. The highest BCUT2D eigenvalue weighted by molar-refractivity contribution is 6.29. The molecule has 0 fully saturated rings. The molecule has 0 bridgehead atoms. The van der Waals surface area contributed by atoms with Gasteiger partial charge < -0.3 is 14.5 Å². The maximum absolute atomic E-state index is 13.4.